The summed E-state index contributed by atoms with van der Waals surface area (Å²) >= 11 is 0. The van der Waals surface area contributed by atoms with E-state index in [4.69, 9.17) is 0 Å². The van der Waals surface area contributed by atoms with Crippen molar-refractivity contribution in [3.05, 3.63) is 66.0 Å². The van der Waals surface area contributed by atoms with Crippen LogP contribution in [0.1, 0.15) is 25.1 Å². The van der Waals surface area contributed by atoms with Gasteiger partial charge in [-0.15, -0.1) is 24.0 Å². The van der Waals surface area contributed by atoms with Gasteiger partial charge in [-0.1, -0.05) is 36.4 Å². The van der Waals surface area contributed by atoms with Gasteiger partial charge in [-0.3, -0.25) is 4.98 Å². The molecule has 0 bridgehead atoms. The van der Waals surface area contributed by atoms with Crippen molar-refractivity contribution < 1.29 is 5.11 Å². The molecule has 0 spiro atoms. The van der Waals surface area contributed by atoms with Crippen LogP contribution in [-0.4, -0.2) is 29.1 Å². The molecule has 24 heavy (non-hydrogen) atoms. The molecule has 0 saturated heterocycles. The van der Waals surface area contributed by atoms with Crippen LogP contribution >= 0.6 is 24.0 Å². The molecule has 3 N–H and O–H groups in total. The SMILES string of the molecule is CCNC(=NCc1ccccn1)NCC(C)(O)c1ccccc1.I. The van der Waals surface area contributed by atoms with E-state index in [2.05, 4.69) is 20.6 Å². The highest BCUT2D eigenvalue weighted by atomic mass is 127. The molecule has 1 unspecified atom stereocenters. The Balaban J connectivity index is 0.00000288. The first-order chi connectivity index (χ1) is 11.1. The molecule has 1 aromatic carbocycles. The summed E-state index contributed by atoms with van der Waals surface area (Å²) in [5.74, 6) is 0.661. The van der Waals surface area contributed by atoms with Gasteiger partial charge in [0.1, 0.15) is 5.60 Å². The van der Waals surface area contributed by atoms with Gasteiger partial charge in [-0.05, 0) is 31.5 Å². The highest BCUT2D eigenvalue weighted by molar-refractivity contribution is 14.0. The van der Waals surface area contributed by atoms with Crippen LogP contribution in [0, 0.1) is 0 Å². The molecule has 0 amide bonds. The molecule has 130 valence electrons. The Morgan fingerprint density at radius 2 is 1.83 bits per heavy atom. The highest BCUT2D eigenvalue weighted by Gasteiger charge is 2.22. The van der Waals surface area contributed by atoms with Gasteiger partial charge < -0.3 is 15.7 Å². The van der Waals surface area contributed by atoms with Crippen LogP contribution in [0.2, 0.25) is 0 Å². The summed E-state index contributed by atoms with van der Waals surface area (Å²) in [5.41, 5.74) is 0.801. The Bertz CT molecular complexity index is 617. The van der Waals surface area contributed by atoms with E-state index >= 15 is 0 Å². The van der Waals surface area contributed by atoms with E-state index in [-0.39, 0.29) is 24.0 Å². The van der Waals surface area contributed by atoms with Crippen molar-refractivity contribution in [3.8, 4) is 0 Å². The third-order valence-corrected chi connectivity index (χ3v) is 3.47. The van der Waals surface area contributed by atoms with Crippen molar-refractivity contribution in [3.63, 3.8) is 0 Å². The lowest BCUT2D eigenvalue weighted by molar-refractivity contribution is 0.0617. The average Bonchev–Trinajstić information content (AvgIpc) is 2.59. The number of guanidine groups is 1. The van der Waals surface area contributed by atoms with Crippen LogP contribution in [0.15, 0.2) is 59.7 Å². The summed E-state index contributed by atoms with van der Waals surface area (Å²) in [6.45, 7) is 5.40. The van der Waals surface area contributed by atoms with Crippen molar-refractivity contribution >= 4 is 29.9 Å². The lowest BCUT2D eigenvalue weighted by Gasteiger charge is -2.25. The summed E-state index contributed by atoms with van der Waals surface area (Å²) in [7, 11) is 0. The number of halogens is 1. The van der Waals surface area contributed by atoms with Gasteiger partial charge >= 0.3 is 0 Å². The molecule has 0 aliphatic carbocycles. The van der Waals surface area contributed by atoms with Crippen molar-refractivity contribution in [2.24, 2.45) is 4.99 Å². The molecule has 1 aromatic heterocycles. The van der Waals surface area contributed by atoms with E-state index in [1.165, 1.54) is 0 Å². The fourth-order valence-electron chi connectivity index (χ4n) is 2.15. The van der Waals surface area contributed by atoms with Gasteiger partial charge in [0.2, 0.25) is 0 Å². The fourth-order valence-corrected chi connectivity index (χ4v) is 2.15. The highest BCUT2D eigenvalue weighted by Crippen LogP contribution is 2.18. The van der Waals surface area contributed by atoms with E-state index in [0.717, 1.165) is 17.8 Å². The molecule has 1 atom stereocenters. The largest absolute Gasteiger partial charge is 0.384 e. The number of hydrogen-bond donors (Lipinski definition) is 3. The number of pyridine rings is 1. The van der Waals surface area contributed by atoms with E-state index < -0.39 is 5.60 Å². The topological polar surface area (TPSA) is 69.5 Å². The molecule has 0 fully saturated rings. The maximum Gasteiger partial charge on any atom is 0.191 e. The Morgan fingerprint density at radius 1 is 1.12 bits per heavy atom. The molecule has 0 saturated carbocycles. The third kappa shape index (κ3) is 6.45. The van der Waals surface area contributed by atoms with Gasteiger partial charge in [0.25, 0.3) is 0 Å². The second-order valence-electron chi connectivity index (χ2n) is 5.51. The first-order valence-corrected chi connectivity index (χ1v) is 7.82. The van der Waals surface area contributed by atoms with E-state index in [1.807, 2.05) is 55.5 Å². The summed E-state index contributed by atoms with van der Waals surface area (Å²) in [4.78, 5) is 8.76. The van der Waals surface area contributed by atoms with Crippen LogP contribution in [0.25, 0.3) is 0 Å². The minimum atomic E-state index is -0.970. The van der Waals surface area contributed by atoms with Crippen LogP contribution in [0.5, 0.6) is 0 Å². The third-order valence-electron chi connectivity index (χ3n) is 3.47. The smallest absolute Gasteiger partial charge is 0.191 e. The zero-order chi connectivity index (χ0) is 16.5. The molecule has 0 radical (unpaired) electrons. The molecule has 1 heterocycles. The normalized spacial score (nSPS) is 13.5. The van der Waals surface area contributed by atoms with Crippen molar-refractivity contribution in [1.82, 2.24) is 15.6 Å². The van der Waals surface area contributed by atoms with Crippen LogP contribution in [0.4, 0.5) is 0 Å². The van der Waals surface area contributed by atoms with Crippen LogP contribution in [0.3, 0.4) is 0 Å². The molecular formula is C18H25IN4O. The second kappa shape index (κ2) is 10.2. The summed E-state index contributed by atoms with van der Waals surface area (Å²) < 4.78 is 0. The Kier molecular flexibility index (Phi) is 8.70. The predicted octanol–water partition coefficient (Wildman–Crippen LogP) is 2.66. The lowest BCUT2D eigenvalue weighted by Crippen LogP contribution is -2.44. The molecule has 0 aliphatic rings. The van der Waals surface area contributed by atoms with E-state index in [0.29, 0.717) is 19.0 Å². The van der Waals surface area contributed by atoms with Gasteiger partial charge in [0.05, 0.1) is 18.8 Å². The van der Waals surface area contributed by atoms with Gasteiger partial charge in [0.15, 0.2) is 5.96 Å². The number of nitrogens with one attached hydrogen (secondary N) is 2. The molecule has 5 nitrogen and oxygen atoms in total. The monoisotopic (exact) mass is 440 g/mol. The quantitative estimate of drug-likeness (QED) is 0.367. The number of hydrogen-bond acceptors (Lipinski definition) is 3. The van der Waals surface area contributed by atoms with Crippen molar-refractivity contribution in [2.75, 3.05) is 13.1 Å². The number of aliphatic imine (C=N–C) groups is 1. The minimum Gasteiger partial charge on any atom is -0.384 e. The zero-order valence-electron chi connectivity index (χ0n) is 14.1. The van der Waals surface area contributed by atoms with Crippen molar-refractivity contribution in [1.29, 1.82) is 0 Å². The minimum absolute atomic E-state index is 0. The number of nitrogens with zero attached hydrogens (tertiary/aromatic N) is 2. The molecule has 2 rings (SSSR count). The predicted molar refractivity (Wildman–Crippen MR) is 108 cm³/mol. The number of rotatable bonds is 6. The standard InChI is InChI=1S/C18H24N4O.HI/c1-3-19-17(21-13-16-11-7-8-12-20-16)22-14-18(2,23)15-9-5-4-6-10-15;/h4-12,23H,3,13-14H2,1-2H3,(H2,19,21,22);1H. The average molecular weight is 440 g/mol. The first kappa shape index (κ1) is 20.4. The van der Waals surface area contributed by atoms with Crippen LogP contribution < -0.4 is 10.6 Å². The first-order valence-electron chi connectivity index (χ1n) is 7.82. The van der Waals surface area contributed by atoms with Gasteiger partial charge in [-0.25, -0.2) is 4.99 Å². The van der Waals surface area contributed by atoms with E-state index in [1.54, 1.807) is 13.1 Å². The summed E-state index contributed by atoms with van der Waals surface area (Å²) in [6.07, 6.45) is 1.76. The van der Waals surface area contributed by atoms with E-state index in [9.17, 15) is 5.11 Å². The van der Waals surface area contributed by atoms with Gasteiger partial charge in [-0.2, -0.15) is 0 Å². The molecule has 0 aliphatic heterocycles. The summed E-state index contributed by atoms with van der Waals surface area (Å²) in [5, 5.41) is 17.0. The van der Waals surface area contributed by atoms with Crippen LogP contribution in [-0.2, 0) is 12.1 Å². The number of aromatic nitrogens is 1. The Hall–Kier alpha value is -1.67. The number of benzene rings is 1. The lowest BCUT2D eigenvalue weighted by atomic mass is 9.96. The Labute approximate surface area is 160 Å². The number of aliphatic hydroxyl groups is 1. The maximum absolute atomic E-state index is 10.6. The molecular weight excluding hydrogens is 415 g/mol. The van der Waals surface area contributed by atoms with Crippen molar-refractivity contribution in [2.45, 2.75) is 26.0 Å². The van der Waals surface area contributed by atoms with Gasteiger partial charge in [0, 0.05) is 12.7 Å². The maximum atomic E-state index is 10.6. The Morgan fingerprint density at radius 3 is 2.46 bits per heavy atom. The summed E-state index contributed by atoms with van der Waals surface area (Å²) in [6, 6.07) is 15.4. The second-order valence-corrected chi connectivity index (χ2v) is 5.51. The fraction of sp³-hybridized carbons (Fsp3) is 0.333. The molecule has 2 aromatic rings. The molecule has 6 heteroatoms. The zero-order valence-corrected chi connectivity index (χ0v) is 16.4.